The molecule has 0 saturated carbocycles. The normalized spacial score (nSPS) is 10.3. The Labute approximate surface area is 54.4 Å². The standard InChI is InChI=1S/C6H11NO2/c1-2-7-5-3-4-6(8)9/h5H,2-4H2,1H3,(H,8,9). The maximum atomic E-state index is 9.90. The molecule has 0 aromatic rings. The molecular formula is C6H11NO2. The van der Waals surface area contributed by atoms with Gasteiger partial charge in [0.1, 0.15) is 0 Å². The molecule has 0 radical (unpaired) electrons. The average Bonchev–Trinajstić information content (AvgIpc) is 1.80. The van der Waals surface area contributed by atoms with Crippen LogP contribution in [0.1, 0.15) is 19.8 Å². The molecule has 0 aromatic heterocycles. The van der Waals surface area contributed by atoms with E-state index in [-0.39, 0.29) is 6.42 Å². The molecule has 0 unspecified atom stereocenters. The molecule has 0 aliphatic rings. The highest BCUT2D eigenvalue weighted by atomic mass is 16.4. The van der Waals surface area contributed by atoms with Gasteiger partial charge in [-0.05, 0) is 19.6 Å². The summed E-state index contributed by atoms with van der Waals surface area (Å²) in [5, 5.41) is 8.15. The Hall–Kier alpha value is -0.860. The first-order valence-electron chi connectivity index (χ1n) is 2.97. The number of aliphatic carboxylic acids is 1. The maximum Gasteiger partial charge on any atom is 0.303 e. The van der Waals surface area contributed by atoms with Crippen LogP contribution in [0.3, 0.4) is 0 Å². The number of carboxylic acids is 1. The van der Waals surface area contributed by atoms with Crippen molar-refractivity contribution in [3.63, 3.8) is 0 Å². The highest BCUT2D eigenvalue weighted by Gasteiger charge is 1.90. The lowest BCUT2D eigenvalue weighted by atomic mass is 10.3. The number of carbonyl (C=O) groups is 1. The Morgan fingerprint density at radius 2 is 2.44 bits per heavy atom. The lowest BCUT2D eigenvalue weighted by Gasteiger charge is -1.84. The van der Waals surface area contributed by atoms with Crippen LogP contribution in [0.25, 0.3) is 0 Å². The third kappa shape index (κ3) is 7.14. The number of hydrogen-bond acceptors (Lipinski definition) is 2. The van der Waals surface area contributed by atoms with Crippen molar-refractivity contribution in [1.29, 1.82) is 0 Å². The van der Waals surface area contributed by atoms with Crippen LogP contribution < -0.4 is 0 Å². The van der Waals surface area contributed by atoms with Gasteiger partial charge >= 0.3 is 5.97 Å². The predicted octanol–water partition coefficient (Wildman–Crippen LogP) is 0.942. The zero-order valence-corrected chi connectivity index (χ0v) is 5.50. The molecule has 0 atom stereocenters. The van der Waals surface area contributed by atoms with Crippen molar-refractivity contribution < 1.29 is 9.90 Å². The van der Waals surface area contributed by atoms with Gasteiger partial charge in [0.2, 0.25) is 0 Å². The van der Waals surface area contributed by atoms with Crippen molar-refractivity contribution in [3.05, 3.63) is 0 Å². The van der Waals surface area contributed by atoms with Crippen LogP contribution in [-0.4, -0.2) is 23.8 Å². The summed E-state index contributed by atoms with van der Waals surface area (Å²) < 4.78 is 0. The average molecular weight is 129 g/mol. The van der Waals surface area contributed by atoms with Crippen molar-refractivity contribution in [3.8, 4) is 0 Å². The van der Waals surface area contributed by atoms with Gasteiger partial charge in [-0.15, -0.1) is 0 Å². The Morgan fingerprint density at radius 1 is 1.78 bits per heavy atom. The van der Waals surface area contributed by atoms with Gasteiger partial charge in [0, 0.05) is 6.54 Å². The molecular weight excluding hydrogens is 118 g/mol. The van der Waals surface area contributed by atoms with Crippen LogP contribution in [0.2, 0.25) is 0 Å². The van der Waals surface area contributed by atoms with Gasteiger partial charge in [-0.2, -0.15) is 0 Å². The fourth-order valence-corrected chi connectivity index (χ4v) is 0.408. The largest absolute Gasteiger partial charge is 0.481 e. The molecule has 0 fully saturated rings. The van der Waals surface area contributed by atoms with Crippen molar-refractivity contribution in [2.75, 3.05) is 6.54 Å². The Balaban J connectivity index is 3.09. The molecule has 0 spiro atoms. The zero-order valence-electron chi connectivity index (χ0n) is 5.50. The van der Waals surface area contributed by atoms with Crippen LogP contribution >= 0.6 is 0 Å². The fourth-order valence-electron chi connectivity index (χ4n) is 0.408. The molecule has 0 bridgehead atoms. The van der Waals surface area contributed by atoms with Crippen LogP contribution in [0.4, 0.5) is 0 Å². The molecule has 3 nitrogen and oxygen atoms in total. The minimum Gasteiger partial charge on any atom is -0.481 e. The van der Waals surface area contributed by atoms with Crippen molar-refractivity contribution in [2.24, 2.45) is 4.99 Å². The van der Waals surface area contributed by atoms with E-state index in [2.05, 4.69) is 4.99 Å². The summed E-state index contributed by atoms with van der Waals surface area (Å²) in [6, 6.07) is 0. The minimum atomic E-state index is -0.766. The van der Waals surface area contributed by atoms with Gasteiger partial charge in [-0.3, -0.25) is 9.79 Å². The molecule has 0 rings (SSSR count). The van der Waals surface area contributed by atoms with Crippen LogP contribution in [-0.2, 0) is 4.79 Å². The number of hydrogen-bond donors (Lipinski definition) is 1. The second-order valence-corrected chi connectivity index (χ2v) is 1.61. The summed E-state index contributed by atoms with van der Waals surface area (Å²) in [5.74, 6) is -0.766. The molecule has 1 N–H and O–H groups in total. The Kier molecular flexibility index (Phi) is 4.78. The van der Waals surface area contributed by atoms with E-state index in [0.29, 0.717) is 6.42 Å². The van der Waals surface area contributed by atoms with E-state index in [1.165, 1.54) is 0 Å². The summed E-state index contributed by atoms with van der Waals surface area (Å²) in [7, 11) is 0. The topological polar surface area (TPSA) is 49.7 Å². The van der Waals surface area contributed by atoms with E-state index in [1.807, 2.05) is 6.92 Å². The van der Waals surface area contributed by atoms with Gasteiger partial charge in [0.25, 0.3) is 0 Å². The molecule has 0 amide bonds. The van der Waals surface area contributed by atoms with E-state index in [0.717, 1.165) is 6.54 Å². The number of carboxylic acid groups (broad SMARTS) is 1. The SMILES string of the molecule is CCN=CCCC(=O)O. The monoisotopic (exact) mass is 129 g/mol. The van der Waals surface area contributed by atoms with Gasteiger partial charge in [0.05, 0.1) is 6.42 Å². The van der Waals surface area contributed by atoms with E-state index >= 15 is 0 Å². The van der Waals surface area contributed by atoms with Crippen LogP contribution in [0, 0.1) is 0 Å². The molecule has 0 aliphatic carbocycles. The quantitative estimate of drug-likeness (QED) is 0.574. The lowest BCUT2D eigenvalue weighted by Crippen LogP contribution is -1.93. The van der Waals surface area contributed by atoms with E-state index in [9.17, 15) is 4.79 Å². The summed E-state index contributed by atoms with van der Waals surface area (Å²) in [6.07, 6.45) is 2.38. The smallest absolute Gasteiger partial charge is 0.303 e. The summed E-state index contributed by atoms with van der Waals surface area (Å²) in [5.41, 5.74) is 0. The summed E-state index contributed by atoms with van der Waals surface area (Å²) >= 11 is 0. The first kappa shape index (κ1) is 8.14. The maximum absolute atomic E-state index is 9.90. The zero-order chi connectivity index (χ0) is 7.11. The molecule has 3 heteroatoms. The molecule has 0 saturated heterocycles. The van der Waals surface area contributed by atoms with Gasteiger partial charge in [-0.25, -0.2) is 0 Å². The number of rotatable bonds is 4. The molecule has 0 aliphatic heterocycles. The summed E-state index contributed by atoms with van der Waals surface area (Å²) in [4.78, 5) is 13.8. The number of nitrogens with zero attached hydrogens (tertiary/aromatic N) is 1. The van der Waals surface area contributed by atoms with Gasteiger partial charge < -0.3 is 5.11 Å². The van der Waals surface area contributed by atoms with E-state index in [4.69, 9.17) is 5.11 Å². The highest BCUT2D eigenvalue weighted by molar-refractivity contribution is 5.71. The molecule has 0 heterocycles. The second-order valence-electron chi connectivity index (χ2n) is 1.61. The van der Waals surface area contributed by atoms with E-state index in [1.54, 1.807) is 6.21 Å². The number of aliphatic imine (C=N–C) groups is 1. The Bertz CT molecular complexity index is 110. The van der Waals surface area contributed by atoms with Gasteiger partial charge in [-0.1, -0.05) is 0 Å². The third-order valence-electron chi connectivity index (χ3n) is 0.799. The molecule has 52 valence electrons. The first-order chi connectivity index (χ1) is 4.27. The highest BCUT2D eigenvalue weighted by Crippen LogP contribution is 1.83. The van der Waals surface area contributed by atoms with Crippen molar-refractivity contribution in [2.45, 2.75) is 19.8 Å². The van der Waals surface area contributed by atoms with Crippen molar-refractivity contribution >= 4 is 12.2 Å². The predicted molar refractivity (Wildman–Crippen MR) is 35.9 cm³/mol. The van der Waals surface area contributed by atoms with Crippen LogP contribution in [0.15, 0.2) is 4.99 Å². The molecule has 0 aromatic carbocycles. The first-order valence-corrected chi connectivity index (χ1v) is 2.97. The van der Waals surface area contributed by atoms with Gasteiger partial charge in [0.15, 0.2) is 0 Å². The lowest BCUT2D eigenvalue weighted by molar-refractivity contribution is -0.136. The van der Waals surface area contributed by atoms with Crippen molar-refractivity contribution in [1.82, 2.24) is 0 Å². The Morgan fingerprint density at radius 3 is 2.89 bits per heavy atom. The van der Waals surface area contributed by atoms with E-state index < -0.39 is 5.97 Å². The minimum absolute atomic E-state index is 0.184. The fraction of sp³-hybridized carbons (Fsp3) is 0.667. The second kappa shape index (κ2) is 5.28. The molecule has 9 heavy (non-hydrogen) atoms. The third-order valence-corrected chi connectivity index (χ3v) is 0.799. The summed E-state index contributed by atoms with van der Waals surface area (Å²) in [6.45, 7) is 2.65. The van der Waals surface area contributed by atoms with Crippen LogP contribution in [0.5, 0.6) is 0 Å².